The van der Waals surface area contributed by atoms with Crippen LogP contribution in [0.25, 0.3) is 5.65 Å². The number of hydrogen-bond donors (Lipinski definition) is 2. The van der Waals surface area contributed by atoms with Gasteiger partial charge < -0.3 is 11.1 Å². The Bertz CT molecular complexity index is 794. The molecule has 1 aliphatic carbocycles. The number of carbonyl (C=O) groups excluding carboxylic acids is 1. The topological polar surface area (TPSA) is 85.3 Å². The third-order valence-electron chi connectivity index (χ3n) is 4.79. The summed E-state index contributed by atoms with van der Waals surface area (Å²) in [5, 5.41) is 10.4. The van der Waals surface area contributed by atoms with Gasteiger partial charge >= 0.3 is 6.18 Å². The fourth-order valence-electron chi connectivity index (χ4n) is 3.30. The average Bonchev–Trinajstić information content (AvgIpc) is 2.93. The van der Waals surface area contributed by atoms with Crippen LogP contribution >= 0.6 is 24.8 Å². The number of carbonyl (C=O) groups is 1. The molecule has 3 N–H and O–H groups in total. The van der Waals surface area contributed by atoms with Crippen LogP contribution in [0, 0.1) is 5.92 Å². The van der Waals surface area contributed by atoms with Crippen LogP contribution in [0.4, 0.5) is 13.2 Å². The van der Waals surface area contributed by atoms with Gasteiger partial charge in [-0.05, 0) is 31.9 Å². The Labute approximate surface area is 166 Å². The van der Waals surface area contributed by atoms with Gasteiger partial charge in [-0.25, -0.2) is 0 Å². The van der Waals surface area contributed by atoms with Gasteiger partial charge in [0.1, 0.15) is 0 Å². The zero-order chi connectivity index (χ0) is 18.2. The fraction of sp³-hybridized carbons (Fsp3) is 0.562. The molecule has 0 aliphatic heterocycles. The van der Waals surface area contributed by atoms with Crippen molar-refractivity contribution in [1.29, 1.82) is 0 Å². The molecule has 1 saturated carbocycles. The lowest BCUT2D eigenvalue weighted by molar-refractivity contribution is -0.138. The number of rotatable bonds is 3. The van der Waals surface area contributed by atoms with Gasteiger partial charge in [0.05, 0.1) is 18.0 Å². The van der Waals surface area contributed by atoms with E-state index in [1.807, 2.05) is 6.92 Å². The van der Waals surface area contributed by atoms with E-state index in [1.54, 1.807) is 0 Å². The van der Waals surface area contributed by atoms with Crippen LogP contribution in [-0.2, 0) is 17.5 Å². The normalized spacial score (nSPS) is 22.6. The second kappa shape index (κ2) is 8.62. The van der Waals surface area contributed by atoms with E-state index in [2.05, 4.69) is 15.5 Å². The molecule has 6 nitrogen and oxygen atoms in total. The van der Waals surface area contributed by atoms with E-state index in [0.717, 1.165) is 31.5 Å². The van der Waals surface area contributed by atoms with Crippen molar-refractivity contribution in [3.63, 3.8) is 0 Å². The molecule has 0 spiro atoms. The van der Waals surface area contributed by atoms with Crippen LogP contribution in [0.1, 0.15) is 44.0 Å². The molecule has 1 amide bonds. The maximum atomic E-state index is 12.9. The molecule has 2 heterocycles. The quantitative estimate of drug-likeness (QED) is 0.787. The molecule has 2 aromatic rings. The standard InChI is InChI=1S/C16H20F3N5O.2ClH/c1-15(20)7-3-2-4-11(15)14(25)21-8-13-23-22-12-6-5-10(9-24(12)13)16(17,18)19;;/h5-6,9,11H,2-4,7-8,20H2,1H3,(H,21,25);2*1H. The molecule has 1 aliphatic rings. The monoisotopic (exact) mass is 427 g/mol. The van der Waals surface area contributed by atoms with Crippen LogP contribution in [0.15, 0.2) is 18.3 Å². The zero-order valence-electron chi connectivity index (χ0n) is 14.6. The minimum atomic E-state index is -4.46. The molecule has 2 aromatic heterocycles. The lowest BCUT2D eigenvalue weighted by Crippen LogP contribution is -2.52. The maximum absolute atomic E-state index is 12.9. The van der Waals surface area contributed by atoms with Crippen molar-refractivity contribution in [2.75, 3.05) is 0 Å². The summed E-state index contributed by atoms with van der Waals surface area (Å²) in [5.41, 5.74) is 5.13. The summed E-state index contributed by atoms with van der Waals surface area (Å²) in [4.78, 5) is 12.4. The molecule has 1 fully saturated rings. The van der Waals surface area contributed by atoms with Crippen LogP contribution in [0.5, 0.6) is 0 Å². The van der Waals surface area contributed by atoms with Gasteiger partial charge in [-0.15, -0.1) is 35.0 Å². The number of nitrogens with one attached hydrogen (secondary N) is 1. The summed E-state index contributed by atoms with van der Waals surface area (Å²) < 4.78 is 39.8. The first kappa shape index (κ1) is 23.5. The van der Waals surface area contributed by atoms with E-state index in [9.17, 15) is 18.0 Å². The Morgan fingerprint density at radius 2 is 2.04 bits per heavy atom. The number of alkyl halides is 3. The summed E-state index contributed by atoms with van der Waals surface area (Å²) in [7, 11) is 0. The molecule has 27 heavy (non-hydrogen) atoms. The fourth-order valence-corrected chi connectivity index (χ4v) is 3.30. The second-order valence-electron chi connectivity index (χ2n) is 6.78. The van der Waals surface area contributed by atoms with Gasteiger partial charge in [-0.3, -0.25) is 9.20 Å². The third kappa shape index (κ3) is 5.03. The van der Waals surface area contributed by atoms with E-state index >= 15 is 0 Å². The Morgan fingerprint density at radius 3 is 2.67 bits per heavy atom. The molecular weight excluding hydrogens is 406 g/mol. The number of nitrogens with two attached hydrogens (primary N) is 1. The zero-order valence-corrected chi connectivity index (χ0v) is 16.3. The first-order chi connectivity index (χ1) is 11.7. The molecule has 0 radical (unpaired) electrons. The smallest absolute Gasteiger partial charge is 0.348 e. The summed E-state index contributed by atoms with van der Waals surface area (Å²) in [6.45, 7) is 1.85. The van der Waals surface area contributed by atoms with E-state index < -0.39 is 17.3 Å². The first-order valence-corrected chi connectivity index (χ1v) is 8.16. The molecule has 2 atom stereocenters. The molecule has 0 bridgehead atoms. The molecule has 11 heteroatoms. The maximum Gasteiger partial charge on any atom is 0.417 e. The number of halogens is 5. The average molecular weight is 428 g/mol. The molecule has 152 valence electrons. The molecule has 3 rings (SSSR count). The van der Waals surface area contributed by atoms with Crippen LogP contribution in [0.3, 0.4) is 0 Å². The van der Waals surface area contributed by atoms with E-state index in [-0.39, 0.29) is 49.0 Å². The lowest BCUT2D eigenvalue weighted by atomic mass is 9.74. The summed E-state index contributed by atoms with van der Waals surface area (Å²) in [6, 6.07) is 2.20. The van der Waals surface area contributed by atoms with Crippen molar-refractivity contribution in [3.05, 3.63) is 29.7 Å². The second-order valence-corrected chi connectivity index (χ2v) is 6.78. The van der Waals surface area contributed by atoms with Crippen molar-refractivity contribution < 1.29 is 18.0 Å². The highest BCUT2D eigenvalue weighted by Crippen LogP contribution is 2.32. The van der Waals surface area contributed by atoms with E-state index in [0.29, 0.717) is 12.1 Å². The van der Waals surface area contributed by atoms with E-state index in [4.69, 9.17) is 5.73 Å². The van der Waals surface area contributed by atoms with Crippen molar-refractivity contribution in [2.45, 2.75) is 50.9 Å². The Hall–Kier alpha value is -1.58. The van der Waals surface area contributed by atoms with Crippen LogP contribution in [-0.4, -0.2) is 26.0 Å². The Kier molecular flexibility index (Phi) is 7.49. The summed E-state index contributed by atoms with van der Waals surface area (Å²) in [6.07, 6.45) is -0.113. The SMILES string of the molecule is CC1(N)CCCCC1C(=O)NCc1nnc2ccc(C(F)(F)F)cn12.Cl.Cl. The highest BCUT2D eigenvalue weighted by Gasteiger charge is 2.37. The largest absolute Gasteiger partial charge is 0.417 e. The van der Waals surface area contributed by atoms with E-state index in [1.165, 1.54) is 10.5 Å². The van der Waals surface area contributed by atoms with Crippen molar-refractivity contribution in [1.82, 2.24) is 19.9 Å². The first-order valence-electron chi connectivity index (χ1n) is 8.16. The summed E-state index contributed by atoms with van der Waals surface area (Å²) >= 11 is 0. The van der Waals surface area contributed by atoms with Gasteiger partial charge in [-0.2, -0.15) is 13.2 Å². The number of fused-ring (bicyclic) bond motifs is 1. The number of aromatic nitrogens is 3. The number of hydrogen-bond acceptors (Lipinski definition) is 4. The Morgan fingerprint density at radius 1 is 1.33 bits per heavy atom. The number of amides is 1. The van der Waals surface area contributed by atoms with Crippen molar-refractivity contribution in [2.24, 2.45) is 11.7 Å². The van der Waals surface area contributed by atoms with Gasteiger partial charge in [-0.1, -0.05) is 12.8 Å². The highest BCUT2D eigenvalue weighted by molar-refractivity contribution is 5.85. The molecule has 2 unspecified atom stereocenters. The third-order valence-corrected chi connectivity index (χ3v) is 4.79. The highest BCUT2D eigenvalue weighted by atomic mass is 35.5. The number of pyridine rings is 1. The molecule has 0 saturated heterocycles. The predicted molar refractivity (Wildman–Crippen MR) is 98.9 cm³/mol. The van der Waals surface area contributed by atoms with Gasteiger partial charge in [0.25, 0.3) is 0 Å². The van der Waals surface area contributed by atoms with Gasteiger partial charge in [0.15, 0.2) is 11.5 Å². The summed E-state index contributed by atoms with van der Waals surface area (Å²) in [5.74, 6) is -0.274. The molecular formula is C16H22Cl2F3N5O. The van der Waals surface area contributed by atoms with Crippen molar-refractivity contribution >= 4 is 36.4 Å². The minimum Gasteiger partial charge on any atom is -0.348 e. The Balaban J connectivity index is 0.00000182. The van der Waals surface area contributed by atoms with Crippen molar-refractivity contribution in [3.8, 4) is 0 Å². The minimum absolute atomic E-state index is 0. The van der Waals surface area contributed by atoms with Crippen LogP contribution in [0.2, 0.25) is 0 Å². The van der Waals surface area contributed by atoms with Crippen LogP contribution < -0.4 is 11.1 Å². The predicted octanol–water partition coefficient (Wildman–Crippen LogP) is 3.12. The number of nitrogens with zero attached hydrogens (tertiary/aromatic N) is 3. The molecule has 0 aromatic carbocycles. The lowest BCUT2D eigenvalue weighted by Gasteiger charge is -2.37. The van der Waals surface area contributed by atoms with Gasteiger partial charge in [0, 0.05) is 11.7 Å². The van der Waals surface area contributed by atoms with Gasteiger partial charge in [0.2, 0.25) is 5.91 Å².